The summed E-state index contributed by atoms with van der Waals surface area (Å²) in [6.45, 7) is 29.7. The molecule has 0 amide bonds. The largest absolute Gasteiger partial charge is 0.509 e. The van der Waals surface area contributed by atoms with Crippen molar-refractivity contribution >= 4 is 44.6 Å². The Balaban J connectivity index is 0.00000518. The number of rotatable bonds is 6. The molecule has 2 atom stereocenters. The molecule has 8 aromatic rings. The van der Waals surface area contributed by atoms with Crippen molar-refractivity contribution in [3.63, 3.8) is 0 Å². The van der Waals surface area contributed by atoms with Gasteiger partial charge in [-0.25, -0.2) is 9.58 Å². The Labute approximate surface area is 394 Å². The van der Waals surface area contributed by atoms with Crippen molar-refractivity contribution in [1.82, 2.24) is 18.7 Å². The fraction of sp³-hybridized carbons (Fsp3) is 0.276. The first-order chi connectivity index (χ1) is 29.7. The second-order valence-electron chi connectivity index (χ2n) is 21.9. The molecule has 0 spiro atoms. The van der Waals surface area contributed by atoms with Gasteiger partial charge >= 0.3 is 0 Å². The van der Waals surface area contributed by atoms with Gasteiger partial charge in [-0.1, -0.05) is 155 Å². The topological polar surface area (TPSA) is 27.1 Å². The Kier molecular flexibility index (Phi) is 10.2. The van der Waals surface area contributed by atoms with Crippen LogP contribution in [0.5, 0.6) is 11.5 Å². The van der Waals surface area contributed by atoms with Crippen molar-refractivity contribution in [2.24, 2.45) is 0 Å². The van der Waals surface area contributed by atoms with Crippen molar-refractivity contribution in [3.05, 3.63) is 175 Å². The van der Waals surface area contributed by atoms with Gasteiger partial charge in [0.15, 0.2) is 12.4 Å². The predicted octanol–water partition coefficient (Wildman–Crippen LogP) is 15.8. The summed E-state index contributed by atoms with van der Waals surface area (Å²) in [5.41, 5.74) is 14.0. The first-order valence-corrected chi connectivity index (χ1v) is 22.4. The first kappa shape index (κ1) is 43.9. The van der Waals surface area contributed by atoms with Crippen LogP contribution >= 0.6 is 0 Å². The van der Waals surface area contributed by atoms with Gasteiger partial charge in [-0.2, -0.15) is 10.7 Å². The zero-order valence-corrected chi connectivity index (χ0v) is 41.6. The van der Waals surface area contributed by atoms with E-state index in [0.29, 0.717) is 20.7 Å². The molecule has 10 rings (SSSR count). The van der Waals surface area contributed by atoms with E-state index in [1.165, 1.54) is 50.4 Å². The van der Waals surface area contributed by atoms with Crippen molar-refractivity contribution in [1.29, 1.82) is 0 Å². The summed E-state index contributed by atoms with van der Waals surface area (Å²) in [5, 5.41) is 2.27. The van der Waals surface area contributed by atoms with Gasteiger partial charge in [0, 0.05) is 68.5 Å². The van der Waals surface area contributed by atoms with Crippen LogP contribution in [0.15, 0.2) is 134 Å². The Bertz CT molecular complexity index is 3120. The van der Waals surface area contributed by atoms with Crippen LogP contribution in [0.3, 0.4) is 0 Å². The van der Waals surface area contributed by atoms with Crippen molar-refractivity contribution in [2.75, 3.05) is 0 Å². The molecule has 2 aromatic heterocycles. The fourth-order valence-electron chi connectivity index (χ4n) is 9.48. The molecule has 0 N–H and O–H groups in total. The minimum absolute atomic E-state index is 0. The molecule has 1 unspecified atom stereocenters. The maximum atomic E-state index is 6.98. The number of para-hydroxylation sites is 2. The van der Waals surface area contributed by atoms with Gasteiger partial charge in [-0.3, -0.25) is 0 Å². The summed E-state index contributed by atoms with van der Waals surface area (Å²) >= 11 is 0. The summed E-state index contributed by atoms with van der Waals surface area (Å²) in [5.74, 6) is 2.17. The molecule has 1 fully saturated rings. The van der Waals surface area contributed by atoms with Crippen LogP contribution < -0.4 is 13.9 Å². The standard InChI is InChI=1S/C58H59N4O.Pt/c1-55(2,3)40-22-24-48-49-25-23-46(36-51(49)60(50(48)33-40)54-34-41(26-27-59-54)56(4,5)6)63-47-32-43(58(10,11)12)31-45(35-47)62-37-61(62,52-20-16-17-21-53(52)62)44-29-39(38-18-14-13-15-19-38)28-42(30-44)57(7,8)9;/h13-34,37H,1-12H3;/q-1;/t61-,62?;/m0./s1. The van der Waals surface area contributed by atoms with Crippen LogP contribution in [0.25, 0.3) is 38.8 Å². The summed E-state index contributed by atoms with van der Waals surface area (Å²) in [4.78, 5) is 4.98. The van der Waals surface area contributed by atoms with E-state index in [4.69, 9.17) is 9.72 Å². The van der Waals surface area contributed by atoms with E-state index in [9.17, 15) is 0 Å². The fourth-order valence-corrected chi connectivity index (χ4v) is 9.48. The van der Waals surface area contributed by atoms with E-state index in [0.717, 1.165) is 33.3 Å². The molecular formula is C58H59N4OPt-. The number of benzene rings is 6. The van der Waals surface area contributed by atoms with Crippen LogP contribution in [0.2, 0.25) is 0 Å². The van der Waals surface area contributed by atoms with Crippen LogP contribution in [0.1, 0.15) is 105 Å². The molecule has 4 heterocycles. The number of fused-ring (bicyclic) bond motifs is 7. The molecule has 328 valence electrons. The van der Waals surface area contributed by atoms with Crippen LogP contribution in [-0.4, -0.2) is 9.55 Å². The quantitative estimate of drug-likeness (QED) is 0.0943. The van der Waals surface area contributed by atoms with Crippen LogP contribution in [0.4, 0.5) is 22.7 Å². The molecule has 0 radical (unpaired) electrons. The minimum atomic E-state index is -0.155. The van der Waals surface area contributed by atoms with Gasteiger partial charge in [-0.15, -0.1) is 35.2 Å². The number of hydrogen-bond donors (Lipinski definition) is 0. The summed E-state index contributed by atoms with van der Waals surface area (Å²) in [6.07, 6.45) is 1.93. The minimum Gasteiger partial charge on any atom is -0.509 e. The number of pyridine rings is 1. The molecule has 0 aliphatic carbocycles. The van der Waals surface area contributed by atoms with E-state index in [1.807, 2.05) is 6.20 Å². The predicted molar refractivity (Wildman–Crippen MR) is 263 cm³/mol. The average Bonchev–Trinajstić information content (AvgIpc) is 3.73. The molecule has 2 aliphatic rings. The smallest absolute Gasteiger partial charge is 0.225 e. The molecule has 6 heteroatoms. The number of aromatic nitrogens is 2. The maximum absolute atomic E-state index is 6.98. The number of nitrogens with zero attached hydrogens (tertiary/aromatic N) is 4. The maximum Gasteiger partial charge on any atom is 0.225 e. The Morgan fingerprint density at radius 3 is 1.80 bits per heavy atom. The summed E-state index contributed by atoms with van der Waals surface area (Å²) in [6, 6.07) is 54.4. The Hall–Kier alpha value is -5.32. The zero-order chi connectivity index (χ0) is 44.5. The zero-order valence-electron chi connectivity index (χ0n) is 39.3. The summed E-state index contributed by atoms with van der Waals surface area (Å²) in [7, 11) is 0. The molecule has 64 heavy (non-hydrogen) atoms. The third kappa shape index (κ3) is 6.98. The van der Waals surface area contributed by atoms with E-state index in [1.54, 1.807) is 0 Å². The van der Waals surface area contributed by atoms with Crippen molar-refractivity contribution in [3.8, 4) is 28.4 Å². The van der Waals surface area contributed by atoms with E-state index in [2.05, 4.69) is 234 Å². The van der Waals surface area contributed by atoms with Gasteiger partial charge in [0.25, 0.3) is 0 Å². The second kappa shape index (κ2) is 14.9. The molecule has 0 saturated carbocycles. The summed E-state index contributed by atoms with van der Waals surface area (Å²) < 4.78 is 10.4. The van der Waals surface area contributed by atoms with Crippen molar-refractivity contribution in [2.45, 2.75) is 105 Å². The number of quaternary nitrogens is 2. The van der Waals surface area contributed by atoms with E-state index >= 15 is 0 Å². The normalized spacial score (nSPS) is 18.2. The third-order valence-corrected chi connectivity index (χ3v) is 13.3. The van der Waals surface area contributed by atoms with Gasteiger partial charge in [0.2, 0.25) is 11.4 Å². The van der Waals surface area contributed by atoms with Crippen LogP contribution in [0, 0.1) is 18.8 Å². The molecule has 1 saturated heterocycles. The third-order valence-electron chi connectivity index (χ3n) is 13.3. The van der Waals surface area contributed by atoms with Gasteiger partial charge in [0.1, 0.15) is 5.82 Å². The Morgan fingerprint density at radius 2 is 1.12 bits per heavy atom. The Morgan fingerprint density at radius 1 is 0.516 bits per heavy atom. The van der Waals surface area contributed by atoms with E-state index in [-0.39, 0.29) is 42.7 Å². The second-order valence-corrected chi connectivity index (χ2v) is 21.9. The molecule has 5 nitrogen and oxygen atoms in total. The van der Waals surface area contributed by atoms with E-state index < -0.39 is 0 Å². The molecule has 0 bridgehead atoms. The molecule has 6 aromatic carbocycles. The average molecular weight is 1020 g/mol. The molecule has 2 aliphatic heterocycles. The van der Waals surface area contributed by atoms with Gasteiger partial charge in [0.05, 0.1) is 5.69 Å². The molecular weight excluding hydrogens is 964 g/mol. The number of hydrogen-bond acceptors (Lipinski definition) is 2. The van der Waals surface area contributed by atoms with Crippen LogP contribution in [-0.2, 0) is 42.7 Å². The first-order valence-electron chi connectivity index (χ1n) is 22.4. The SMILES string of the molecule is CC(C)(C)c1cc(Oc2[c-]c3c(cc2)c2ccc(C(C)(C)C)cc2n3-c2cc(C(C)(C)C)ccn2)[c-]c([N+]23[CH-][N@+]2(c2cc(-c4ccccc4)cc(C(C)(C)C)c2)c2ccccc23)c1.[Pt]. The monoisotopic (exact) mass is 1020 g/mol. The van der Waals surface area contributed by atoms with Crippen molar-refractivity contribution < 1.29 is 25.8 Å². The van der Waals surface area contributed by atoms with Gasteiger partial charge in [-0.05, 0) is 73.1 Å². The van der Waals surface area contributed by atoms with Gasteiger partial charge < -0.3 is 9.30 Å². The number of ether oxygens (including phenoxy) is 1.